The number of aromatic nitrogens is 2. The number of benzene rings is 1. The van der Waals surface area contributed by atoms with Crippen LogP contribution in [0.4, 0.5) is 15.9 Å². The molecule has 1 atom stereocenters. The number of allylic oxidation sites excluding steroid dienone is 1. The number of anilines is 1. The van der Waals surface area contributed by atoms with Gasteiger partial charge in [-0.25, -0.2) is 13.7 Å². The molecule has 0 saturated carbocycles. The summed E-state index contributed by atoms with van der Waals surface area (Å²) in [4.78, 5) is 8.13. The average molecular weight is 506 g/mol. The van der Waals surface area contributed by atoms with E-state index in [2.05, 4.69) is 14.3 Å². The van der Waals surface area contributed by atoms with E-state index in [0.29, 0.717) is 32.7 Å². The molecule has 33 heavy (non-hydrogen) atoms. The molecule has 0 aliphatic rings. The molecule has 1 aromatic carbocycles. The van der Waals surface area contributed by atoms with Crippen molar-refractivity contribution in [3.63, 3.8) is 0 Å². The summed E-state index contributed by atoms with van der Waals surface area (Å²) >= 11 is 12.4. The van der Waals surface area contributed by atoms with Crippen LogP contribution in [0, 0.1) is 5.41 Å². The van der Waals surface area contributed by atoms with E-state index in [4.69, 9.17) is 39.1 Å². The fourth-order valence-corrected chi connectivity index (χ4v) is 4.12. The van der Waals surface area contributed by atoms with Gasteiger partial charge in [-0.1, -0.05) is 33.9 Å². The third-order valence-corrected chi connectivity index (χ3v) is 5.64. The summed E-state index contributed by atoms with van der Waals surface area (Å²) in [6, 6.07) is 8.09. The molecule has 0 saturated heterocycles. The Kier molecular flexibility index (Phi) is 8.18. The molecule has 172 valence electrons. The first-order chi connectivity index (χ1) is 15.7. The van der Waals surface area contributed by atoms with Gasteiger partial charge >= 0.3 is 0 Å². The lowest BCUT2D eigenvalue weighted by Crippen LogP contribution is -2.08. The van der Waals surface area contributed by atoms with Gasteiger partial charge in [0.05, 0.1) is 15.8 Å². The molecule has 0 fully saturated rings. The van der Waals surface area contributed by atoms with E-state index in [1.165, 1.54) is 30.7 Å². The lowest BCUT2D eigenvalue weighted by molar-refractivity contribution is 0.227. The molecule has 10 heteroatoms. The van der Waals surface area contributed by atoms with Crippen LogP contribution >= 0.6 is 23.2 Å². The van der Waals surface area contributed by atoms with Crippen LogP contribution in [-0.2, 0) is 10.7 Å². The quantitative estimate of drug-likeness (QED) is 0.280. The lowest BCUT2D eigenvalue weighted by atomic mass is 10.0. The van der Waals surface area contributed by atoms with Gasteiger partial charge in [0.25, 0.3) is 0 Å². The Bertz CT molecular complexity index is 1220. The van der Waals surface area contributed by atoms with Crippen LogP contribution in [-0.4, -0.2) is 28.2 Å². The number of nitrogens with two attached hydrogens (primary N) is 1. The van der Waals surface area contributed by atoms with E-state index >= 15 is 0 Å². The second-order valence-electron chi connectivity index (χ2n) is 7.21. The van der Waals surface area contributed by atoms with Crippen LogP contribution in [0.25, 0.3) is 6.08 Å². The van der Waals surface area contributed by atoms with E-state index in [-0.39, 0.29) is 27.7 Å². The largest absolute Gasteiger partial charge is 0.486 e. The summed E-state index contributed by atoms with van der Waals surface area (Å²) in [7, 11) is -0.145. The Morgan fingerprint density at radius 3 is 2.48 bits per heavy atom. The number of nitrogens with one attached hydrogen (secondary N) is 1. The maximum atomic E-state index is 14.9. The molecule has 3 aromatic rings. The van der Waals surface area contributed by atoms with Gasteiger partial charge in [0.1, 0.15) is 17.7 Å². The van der Waals surface area contributed by atoms with Gasteiger partial charge in [-0.15, -0.1) is 0 Å². The molecular formula is C23H22Cl2FN5OS. The highest BCUT2D eigenvalue weighted by molar-refractivity contribution is 7.85. The summed E-state index contributed by atoms with van der Waals surface area (Å²) < 4.78 is 25.2. The second kappa shape index (κ2) is 10.9. The van der Waals surface area contributed by atoms with E-state index < -0.39 is 11.9 Å². The van der Waals surface area contributed by atoms with Crippen LogP contribution < -0.4 is 10.5 Å². The zero-order valence-electron chi connectivity index (χ0n) is 18.1. The van der Waals surface area contributed by atoms with Crippen molar-refractivity contribution in [2.24, 2.45) is 4.36 Å². The lowest BCUT2D eigenvalue weighted by Gasteiger charge is -2.18. The summed E-state index contributed by atoms with van der Waals surface area (Å²) in [6.45, 7) is 1.78. The van der Waals surface area contributed by atoms with Crippen molar-refractivity contribution >= 4 is 57.2 Å². The third kappa shape index (κ3) is 6.37. The van der Waals surface area contributed by atoms with E-state index in [1.54, 1.807) is 31.2 Å². The highest BCUT2D eigenvalue weighted by atomic mass is 35.5. The summed E-state index contributed by atoms with van der Waals surface area (Å²) in [6.07, 6.45) is 9.12. The van der Waals surface area contributed by atoms with Gasteiger partial charge in [-0.05, 0) is 61.4 Å². The first kappa shape index (κ1) is 24.8. The molecule has 3 N–H and O–H groups in total. The molecule has 6 nitrogen and oxygen atoms in total. The number of rotatable bonds is 7. The van der Waals surface area contributed by atoms with Crippen LogP contribution in [0.1, 0.15) is 29.7 Å². The Labute approximate surface area is 204 Å². The van der Waals surface area contributed by atoms with Crippen molar-refractivity contribution in [2.75, 3.05) is 18.2 Å². The van der Waals surface area contributed by atoms with Crippen molar-refractivity contribution in [2.45, 2.75) is 13.0 Å². The third-order valence-electron chi connectivity index (χ3n) is 4.48. The maximum Gasteiger partial charge on any atom is 0.158 e. The van der Waals surface area contributed by atoms with Gasteiger partial charge in [-0.2, -0.15) is 0 Å². The fraction of sp³-hybridized carbons (Fsp3) is 0.174. The van der Waals surface area contributed by atoms with Gasteiger partial charge in [0.15, 0.2) is 5.82 Å². The van der Waals surface area contributed by atoms with E-state index in [9.17, 15) is 4.39 Å². The number of halogens is 3. The zero-order valence-corrected chi connectivity index (χ0v) is 20.5. The van der Waals surface area contributed by atoms with Crippen LogP contribution in [0.15, 0.2) is 59.1 Å². The molecule has 0 aliphatic carbocycles. The molecular weight excluding hydrogens is 484 g/mol. The molecule has 0 bridgehead atoms. The van der Waals surface area contributed by atoms with Crippen molar-refractivity contribution in [3.05, 3.63) is 81.5 Å². The van der Waals surface area contributed by atoms with Crippen LogP contribution in [0.5, 0.6) is 5.75 Å². The monoisotopic (exact) mass is 505 g/mol. The normalized spacial score (nSPS) is 12.5. The molecule has 0 radical (unpaired) electrons. The van der Waals surface area contributed by atoms with Gasteiger partial charge in [0, 0.05) is 35.4 Å². The smallest absolute Gasteiger partial charge is 0.158 e. The summed E-state index contributed by atoms with van der Waals surface area (Å²) in [5.41, 5.74) is 7.16. The average Bonchev–Trinajstić information content (AvgIpc) is 2.75. The Morgan fingerprint density at radius 2 is 1.88 bits per heavy atom. The van der Waals surface area contributed by atoms with Crippen molar-refractivity contribution < 1.29 is 9.13 Å². The molecule has 1 unspecified atom stereocenters. The molecule has 3 rings (SSSR count). The van der Waals surface area contributed by atoms with Gasteiger partial charge < -0.3 is 10.5 Å². The summed E-state index contributed by atoms with van der Waals surface area (Å²) in [5, 5.41) is 9.04. The number of pyridine rings is 2. The van der Waals surface area contributed by atoms with Crippen LogP contribution in [0.2, 0.25) is 10.0 Å². The first-order valence-electron chi connectivity index (χ1n) is 9.72. The van der Waals surface area contributed by atoms with E-state index in [1.807, 2.05) is 12.5 Å². The van der Waals surface area contributed by atoms with E-state index in [0.717, 1.165) is 0 Å². The second-order valence-corrected chi connectivity index (χ2v) is 9.75. The zero-order chi connectivity index (χ0) is 24.1. The minimum Gasteiger partial charge on any atom is -0.486 e. The Morgan fingerprint density at radius 1 is 1.18 bits per heavy atom. The first-order valence-corrected chi connectivity index (χ1v) is 12.5. The topological polar surface area (TPSA) is 97.2 Å². The maximum absolute atomic E-state index is 14.9. The summed E-state index contributed by atoms with van der Waals surface area (Å²) in [5.74, 6) is 0.202. The molecule has 0 spiro atoms. The number of ether oxygens (including phenoxy) is 1. The molecule has 0 amide bonds. The van der Waals surface area contributed by atoms with Gasteiger partial charge in [-0.3, -0.25) is 10.4 Å². The highest BCUT2D eigenvalue weighted by Gasteiger charge is 2.18. The fourth-order valence-electron chi connectivity index (χ4n) is 2.97. The predicted molar refractivity (Wildman–Crippen MR) is 136 cm³/mol. The Hall–Kier alpha value is -2.81. The van der Waals surface area contributed by atoms with Crippen molar-refractivity contribution in [1.29, 1.82) is 5.41 Å². The highest BCUT2D eigenvalue weighted by Crippen LogP contribution is 2.33. The minimum atomic E-state index is -0.760. The molecule has 2 heterocycles. The van der Waals surface area contributed by atoms with Gasteiger partial charge in [0.2, 0.25) is 0 Å². The predicted octanol–water partition coefficient (Wildman–Crippen LogP) is 6.58. The number of nitrogens with zero attached hydrogens (tertiary/aromatic N) is 3. The molecule has 0 aliphatic heterocycles. The van der Waals surface area contributed by atoms with Crippen molar-refractivity contribution in [3.8, 4) is 5.75 Å². The Balaban J connectivity index is 1.83. The van der Waals surface area contributed by atoms with Crippen LogP contribution in [0.3, 0.4) is 0 Å². The number of hydrogen-bond acceptors (Lipinski definition) is 6. The minimum absolute atomic E-state index is 0.145. The molecule has 2 aromatic heterocycles. The number of hydrogen-bond donors (Lipinski definition) is 2. The standard InChI is InChI=1S/C23H22Cl2FN5OS/c1-13(22-17(24)11-29-12-18(22)25)32-15-5-6-20(27)16(9-15)23(28)19(26)8-14-4-7-21(30-10-14)31-33(2)3/h4-13,28H,27H2,1-3H3/b19-8-,28-23?. The SMILES string of the molecule is CC(Oc1ccc(N)c(C(=N)/C(F)=C/c2ccc(N=S(C)C)nc2)c1)c1c(Cl)cncc1Cl. The number of nitrogen functional groups attached to an aromatic ring is 1. The van der Waals surface area contributed by atoms with Crippen molar-refractivity contribution in [1.82, 2.24) is 9.97 Å².